The molecule has 2 heterocycles. The van der Waals surface area contributed by atoms with Crippen molar-refractivity contribution in [3.63, 3.8) is 0 Å². The van der Waals surface area contributed by atoms with E-state index in [0.717, 1.165) is 5.56 Å². The molecule has 0 N–H and O–H groups in total. The maximum atomic E-state index is 13.2. The molecule has 180 valence electrons. The molecule has 0 bridgehead atoms. The Labute approximate surface area is 202 Å². The van der Waals surface area contributed by atoms with E-state index in [0.29, 0.717) is 47.3 Å². The average Bonchev–Trinajstić information content (AvgIpc) is 3.46. The van der Waals surface area contributed by atoms with Gasteiger partial charge in [-0.1, -0.05) is 17.7 Å². The summed E-state index contributed by atoms with van der Waals surface area (Å²) < 4.78 is 15.8. The second-order valence-corrected chi connectivity index (χ2v) is 8.49. The lowest BCUT2D eigenvalue weighted by molar-refractivity contribution is -0.132. The van der Waals surface area contributed by atoms with Crippen molar-refractivity contribution >= 4 is 35.0 Å². The van der Waals surface area contributed by atoms with Gasteiger partial charge in [0.05, 0.1) is 0 Å². The summed E-state index contributed by atoms with van der Waals surface area (Å²) in [6, 6.07) is 10.3. The Hall–Kier alpha value is -3.30. The van der Waals surface area contributed by atoms with Crippen LogP contribution < -0.4 is 14.4 Å². The molecule has 0 saturated carbocycles. The van der Waals surface area contributed by atoms with Crippen LogP contribution >= 0.6 is 11.6 Å². The largest absolute Gasteiger partial charge is 0.454 e. The third-order valence-electron chi connectivity index (χ3n) is 5.83. The molecule has 2 aromatic carbocycles. The zero-order chi connectivity index (χ0) is 24.2. The molecule has 2 aliphatic rings. The highest BCUT2D eigenvalue weighted by molar-refractivity contribution is 6.31. The fraction of sp³-hybridized carbons (Fsp3) is 0.375. The van der Waals surface area contributed by atoms with Crippen LogP contribution in [0.15, 0.2) is 36.4 Å². The van der Waals surface area contributed by atoms with Crippen LogP contribution in [-0.2, 0) is 14.3 Å². The number of carbonyl (C=O) groups is 3. The highest BCUT2D eigenvalue weighted by atomic mass is 35.5. The Morgan fingerprint density at radius 1 is 1.18 bits per heavy atom. The van der Waals surface area contributed by atoms with E-state index >= 15 is 0 Å². The summed E-state index contributed by atoms with van der Waals surface area (Å²) >= 11 is 6.21. The summed E-state index contributed by atoms with van der Waals surface area (Å²) in [6.45, 7) is 2.59. The van der Waals surface area contributed by atoms with Gasteiger partial charge in [0.1, 0.15) is 19.8 Å². The molecule has 0 unspecified atom stereocenters. The van der Waals surface area contributed by atoms with Crippen LogP contribution in [0.4, 0.5) is 5.69 Å². The molecule has 1 saturated heterocycles. The zero-order valence-electron chi connectivity index (χ0n) is 19.1. The van der Waals surface area contributed by atoms with E-state index in [9.17, 15) is 14.4 Å². The summed E-state index contributed by atoms with van der Waals surface area (Å²) in [7, 11) is 1.58. The number of methoxy groups -OCH3 is 1. The van der Waals surface area contributed by atoms with Gasteiger partial charge in [0, 0.05) is 36.5 Å². The number of hydrogen-bond acceptors (Lipinski definition) is 6. The monoisotopic (exact) mass is 487 g/mol. The molecule has 1 fully saturated rings. The van der Waals surface area contributed by atoms with E-state index in [1.807, 2.05) is 6.92 Å². The lowest BCUT2D eigenvalue weighted by Crippen LogP contribution is -2.43. The van der Waals surface area contributed by atoms with Crippen LogP contribution in [0.1, 0.15) is 22.3 Å². The number of amides is 3. The first-order chi connectivity index (χ1) is 16.4. The second-order valence-electron chi connectivity index (χ2n) is 8.08. The minimum atomic E-state index is -0.318. The van der Waals surface area contributed by atoms with Gasteiger partial charge in [0.25, 0.3) is 5.91 Å². The minimum absolute atomic E-state index is 0.0606. The van der Waals surface area contributed by atoms with Gasteiger partial charge in [-0.2, -0.15) is 0 Å². The number of carbonyl (C=O) groups excluding carboxylic acids is 3. The molecule has 4 rings (SSSR count). The van der Waals surface area contributed by atoms with E-state index in [4.69, 9.17) is 25.8 Å². The molecule has 0 spiro atoms. The molecule has 34 heavy (non-hydrogen) atoms. The van der Waals surface area contributed by atoms with Crippen molar-refractivity contribution in [1.29, 1.82) is 0 Å². The Bertz CT molecular complexity index is 1110. The Morgan fingerprint density at radius 2 is 1.97 bits per heavy atom. The van der Waals surface area contributed by atoms with Gasteiger partial charge in [-0.15, -0.1) is 0 Å². The van der Waals surface area contributed by atoms with Crippen molar-refractivity contribution in [2.24, 2.45) is 0 Å². The molecular weight excluding hydrogens is 462 g/mol. The van der Waals surface area contributed by atoms with Crippen LogP contribution in [0, 0.1) is 6.92 Å². The average molecular weight is 488 g/mol. The quantitative estimate of drug-likeness (QED) is 0.532. The molecule has 0 aliphatic carbocycles. The number of hydrogen-bond donors (Lipinski definition) is 0. The molecule has 3 amide bonds. The van der Waals surface area contributed by atoms with Gasteiger partial charge in [-0.3, -0.25) is 19.3 Å². The number of fused-ring (bicyclic) bond motifs is 1. The maximum Gasteiger partial charge on any atom is 0.254 e. The van der Waals surface area contributed by atoms with Crippen molar-refractivity contribution in [2.75, 3.05) is 51.7 Å². The Kier molecular flexibility index (Phi) is 7.23. The van der Waals surface area contributed by atoms with Crippen molar-refractivity contribution in [3.05, 3.63) is 52.5 Å². The van der Waals surface area contributed by atoms with E-state index in [2.05, 4.69) is 0 Å². The fourth-order valence-electron chi connectivity index (χ4n) is 3.94. The highest BCUT2D eigenvalue weighted by Gasteiger charge is 2.34. The summed E-state index contributed by atoms with van der Waals surface area (Å²) in [6.07, 6.45) is 0.562. The molecule has 0 atom stereocenters. The molecule has 9 nitrogen and oxygen atoms in total. The van der Waals surface area contributed by atoms with Gasteiger partial charge in [-0.25, -0.2) is 0 Å². The smallest absolute Gasteiger partial charge is 0.254 e. The summed E-state index contributed by atoms with van der Waals surface area (Å²) in [5.74, 6) is 0.238. The topological polar surface area (TPSA) is 88.6 Å². The predicted molar refractivity (Wildman–Crippen MR) is 125 cm³/mol. The first kappa shape index (κ1) is 23.8. The molecule has 10 heteroatoms. The minimum Gasteiger partial charge on any atom is -0.454 e. The number of anilines is 1. The molecular formula is C24H26ClN3O6. The second kappa shape index (κ2) is 10.3. The van der Waals surface area contributed by atoms with Gasteiger partial charge < -0.3 is 24.0 Å². The van der Waals surface area contributed by atoms with E-state index < -0.39 is 0 Å². The first-order valence-corrected chi connectivity index (χ1v) is 11.3. The van der Waals surface area contributed by atoms with Gasteiger partial charge in [-0.05, 0) is 49.2 Å². The van der Waals surface area contributed by atoms with Crippen LogP contribution in [0.3, 0.4) is 0 Å². The van der Waals surface area contributed by atoms with Crippen LogP contribution in [0.25, 0.3) is 0 Å². The lowest BCUT2D eigenvalue weighted by Gasteiger charge is -2.25. The summed E-state index contributed by atoms with van der Waals surface area (Å²) in [5, 5.41) is 0.550. The zero-order valence-corrected chi connectivity index (χ0v) is 19.8. The third-order valence-corrected chi connectivity index (χ3v) is 6.24. The Balaban J connectivity index is 1.47. The summed E-state index contributed by atoms with van der Waals surface area (Å²) in [5.41, 5.74) is 1.83. The first-order valence-electron chi connectivity index (χ1n) is 10.9. The van der Waals surface area contributed by atoms with Gasteiger partial charge in [0.2, 0.25) is 18.6 Å². The molecule has 2 aromatic rings. The number of ether oxygens (including phenoxy) is 3. The molecule has 0 radical (unpaired) electrons. The number of rotatable bonds is 8. The number of benzene rings is 2. The van der Waals surface area contributed by atoms with Crippen LogP contribution in [0.5, 0.6) is 11.5 Å². The highest BCUT2D eigenvalue weighted by Crippen LogP contribution is 2.33. The molecule has 2 aliphatic heterocycles. The van der Waals surface area contributed by atoms with Crippen molar-refractivity contribution in [3.8, 4) is 11.5 Å². The number of nitrogens with zero attached hydrogens (tertiary/aromatic N) is 3. The number of halogens is 1. The lowest BCUT2D eigenvalue weighted by atomic mass is 10.1. The van der Waals surface area contributed by atoms with Crippen molar-refractivity contribution < 1.29 is 28.6 Å². The fourth-order valence-corrected chi connectivity index (χ4v) is 4.11. The van der Waals surface area contributed by atoms with E-state index in [-0.39, 0.29) is 44.3 Å². The van der Waals surface area contributed by atoms with Crippen LogP contribution in [0.2, 0.25) is 5.02 Å². The van der Waals surface area contributed by atoms with Crippen molar-refractivity contribution in [2.45, 2.75) is 13.3 Å². The van der Waals surface area contributed by atoms with Gasteiger partial charge in [0.15, 0.2) is 11.5 Å². The Morgan fingerprint density at radius 3 is 2.76 bits per heavy atom. The van der Waals surface area contributed by atoms with E-state index in [1.54, 1.807) is 43.5 Å². The standard InChI is InChI=1S/C24H26ClN3O6/c1-16-18(25)5-3-6-19(16)28-14-27(13-23(28)30)22(29)12-26(9-4-10-32-2)24(31)17-7-8-20-21(11-17)34-15-33-20/h3,5-8,11H,4,9-10,12-15H2,1-2H3. The van der Waals surface area contributed by atoms with Crippen molar-refractivity contribution in [1.82, 2.24) is 9.80 Å². The SMILES string of the molecule is COCCCN(CC(=O)N1CC(=O)N(c2cccc(Cl)c2C)C1)C(=O)c1ccc2c(c1)OCO2. The normalized spacial score (nSPS) is 14.6. The summed E-state index contributed by atoms with van der Waals surface area (Å²) in [4.78, 5) is 43.5. The predicted octanol–water partition coefficient (Wildman–Crippen LogP) is 2.69. The van der Waals surface area contributed by atoms with Gasteiger partial charge >= 0.3 is 0 Å². The maximum absolute atomic E-state index is 13.2. The third kappa shape index (κ3) is 4.95. The van der Waals surface area contributed by atoms with Crippen LogP contribution in [-0.4, -0.2) is 74.3 Å². The molecule has 0 aromatic heterocycles. The van der Waals surface area contributed by atoms with E-state index in [1.165, 1.54) is 14.7 Å².